The summed E-state index contributed by atoms with van der Waals surface area (Å²) >= 11 is 0. The average molecular weight is 269 g/mol. The van der Waals surface area contributed by atoms with Crippen molar-refractivity contribution in [3.63, 3.8) is 0 Å². The van der Waals surface area contributed by atoms with E-state index in [1.54, 1.807) is 0 Å². The fraction of sp³-hybridized carbons (Fsp3) is 0.857. The van der Waals surface area contributed by atoms with Gasteiger partial charge in [0.25, 0.3) is 0 Å². The molecule has 0 radical (unpaired) electrons. The van der Waals surface area contributed by atoms with Gasteiger partial charge in [-0.25, -0.2) is 0 Å². The molecule has 3 atom stereocenters. The van der Waals surface area contributed by atoms with E-state index in [0.29, 0.717) is 32.5 Å². The number of carboxylic acid groups (broad SMARTS) is 1. The minimum atomic E-state index is -0.822. The number of carboxylic acids is 1. The molecule has 19 heavy (non-hydrogen) atoms. The lowest BCUT2D eigenvalue weighted by atomic mass is 9.78. The highest BCUT2D eigenvalue weighted by atomic mass is 16.5. The topological polar surface area (TPSA) is 66.8 Å². The van der Waals surface area contributed by atoms with Crippen LogP contribution in [0.5, 0.6) is 0 Å². The van der Waals surface area contributed by atoms with Crippen molar-refractivity contribution in [2.75, 3.05) is 19.7 Å². The minimum absolute atomic E-state index is 0.0180. The molecule has 0 aromatic heterocycles. The summed E-state index contributed by atoms with van der Waals surface area (Å²) in [6.45, 7) is 3.91. The van der Waals surface area contributed by atoms with Gasteiger partial charge in [0, 0.05) is 19.7 Å². The third-order valence-electron chi connectivity index (χ3n) is 4.16. The minimum Gasteiger partial charge on any atom is -0.481 e. The molecule has 0 spiro atoms. The second-order valence-corrected chi connectivity index (χ2v) is 5.65. The number of ether oxygens (including phenoxy) is 1. The maximum atomic E-state index is 12.6. The van der Waals surface area contributed by atoms with Gasteiger partial charge in [0.2, 0.25) is 5.91 Å². The number of carbonyl (C=O) groups is 2. The Hall–Kier alpha value is -1.10. The van der Waals surface area contributed by atoms with Crippen molar-refractivity contribution < 1.29 is 19.4 Å². The predicted molar refractivity (Wildman–Crippen MR) is 69.7 cm³/mol. The molecular weight excluding hydrogens is 246 g/mol. The van der Waals surface area contributed by atoms with Crippen molar-refractivity contribution in [3.05, 3.63) is 0 Å². The van der Waals surface area contributed by atoms with Crippen LogP contribution in [0.25, 0.3) is 0 Å². The second kappa shape index (κ2) is 6.37. The van der Waals surface area contributed by atoms with Gasteiger partial charge in [-0.1, -0.05) is 12.8 Å². The Balaban J connectivity index is 2.05. The van der Waals surface area contributed by atoms with Crippen molar-refractivity contribution in [1.29, 1.82) is 0 Å². The highest BCUT2D eigenvalue weighted by Crippen LogP contribution is 2.32. The highest BCUT2D eigenvalue weighted by Gasteiger charge is 2.38. The lowest BCUT2D eigenvalue weighted by Crippen LogP contribution is -2.44. The van der Waals surface area contributed by atoms with Crippen molar-refractivity contribution in [2.45, 2.75) is 45.1 Å². The van der Waals surface area contributed by atoms with Gasteiger partial charge in [0.05, 0.1) is 17.9 Å². The standard InChI is InChI=1S/C14H23NO4/c1-10-9-15(7-4-8-19-10)13(16)11-5-2-3-6-12(11)14(17)18/h10-12H,2-9H2,1H3,(H,17,18)/t10?,11-,12+/m1/s1. The Kier molecular flexibility index (Phi) is 4.80. The Bertz CT molecular complexity index is 344. The molecule has 1 N–H and O–H groups in total. The molecule has 2 aliphatic rings. The Morgan fingerprint density at radius 1 is 1.16 bits per heavy atom. The van der Waals surface area contributed by atoms with Gasteiger partial charge < -0.3 is 14.7 Å². The van der Waals surface area contributed by atoms with E-state index >= 15 is 0 Å². The van der Waals surface area contributed by atoms with Crippen LogP contribution >= 0.6 is 0 Å². The number of amides is 1. The first kappa shape index (κ1) is 14.3. The molecule has 1 amide bonds. The van der Waals surface area contributed by atoms with E-state index in [-0.39, 0.29) is 17.9 Å². The van der Waals surface area contributed by atoms with Crippen molar-refractivity contribution in [1.82, 2.24) is 4.90 Å². The molecule has 108 valence electrons. The molecule has 1 saturated carbocycles. The average Bonchev–Trinajstić information content (AvgIpc) is 2.62. The van der Waals surface area contributed by atoms with Crippen LogP contribution in [0.3, 0.4) is 0 Å². The van der Waals surface area contributed by atoms with E-state index in [0.717, 1.165) is 19.3 Å². The fourth-order valence-corrected chi connectivity index (χ4v) is 3.15. The van der Waals surface area contributed by atoms with Crippen LogP contribution in [0.15, 0.2) is 0 Å². The van der Waals surface area contributed by atoms with Crippen molar-refractivity contribution >= 4 is 11.9 Å². The van der Waals surface area contributed by atoms with Crippen LogP contribution in [-0.2, 0) is 14.3 Å². The summed E-state index contributed by atoms with van der Waals surface area (Å²) in [5, 5.41) is 9.27. The van der Waals surface area contributed by atoms with Crippen LogP contribution in [0.1, 0.15) is 39.0 Å². The summed E-state index contributed by atoms with van der Waals surface area (Å²) in [5.74, 6) is -1.64. The molecule has 2 rings (SSSR count). The number of aliphatic carboxylic acids is 1. The van der Waals surface area contributed by atoms with Crippen LogP contribution < -0.4 is 0 Å². The summed E-state index contributed by atoms with van der Waals surface area (Å²) in [7, 11) is 0. The van der Waals surface area contributed by atoms with E-state index in [4.69, 9.17) is 4.74 Å². The molecule has 5 nitrogen and oxygen atoms in total. The van der Waals surface area contributed by atoms with Gasteiger partial charge in [-0.15, -0.1) is 0 Å². The monoisotopic (exact) mass is 269 g/mol. The van der Waals surface area contributed by atoms with E-state index in [2.05, 4.69) is 0 Å². The molecule has 0 aromatic carbocycles. The smallest absolute Gasteiger partial charge is 0.307 e. The molecule has 1 unspecified atom stereocenters. The molecule has 5 heteroatoms. The van der Waals surface area contributed by atoms with E-state index in [1.165, 1.54) is 0 Å². The van der Waals surface area contributed by atoms with Gasteiger partial charge >= 0.3 is 5.97 Å². The molecule has 1 aliphatic carbocycles. The zero-order valence-electron chi connectivity index (χ0n) is 11.5. The summed E-state index contributed by atoms with van der Waals surface area (Å²) < 4.78 is 5.53. The van der Waals surface area contributed by atoms with Gasteiger partial charge in [-0.05, 0) is 26.2 Å². The van der Waals surface area contributed by atoms with E-state index < -0.39 is 11.9 Å². The number of hydrogen-bond donors (Lipinski definition) is 1. The normalized spacial score (nSPS) is 32.7. The molecule has 1 aliphatic heterocycles. The first-order valence-electron chi connectivity index (χ1n) is 7.23. The van der Waals surface area contributed by atoms with Gasteiger partial charge in [0.15, 0.2) is 0 Å². The van der Waals surface area contributed by atoms with Gasteiger partial charge in [0.1, 0.15) is 0 Å². The quantitative estimate of drug-likeness (QED) is 0.825. The van der Waals surface area contributed by atoms with E-state index in [1.807, 2.05) is 11.8 Å². The maximum Gasteiger partial charge on any atom is 0.307 e. The first-order chi connectivity index (χ1) is 9.09. The van der Waals surface area contributed by atoms with Crippen molar-refractivity contribution in [3.8, 4) is 0 Å². The third kappa shape index (κ3) is 3.47. The van der Waals surface area contributed by atoms with Crippen LogP contribution in [0.4, 0.5) is 0 Å². The number of nitrogens with zero attached hydrogens (tertiary/aromatic N) is 1. The zero-order valence-corrected chi connectivity index (χ0v) is 11.5. The lowest BCUT2D eigenvalue weighted by Gasteiger charge is -2.32. The Morgan fingerprint density at radius 3 is 2.53 bits per heavy atom. The summed E-state index contributed by atoms with van der Waals surface area (Å²) in [4.78, 5) is 25.7. The largest absolute Gasteiger partial charge is 0.481 e. The Labute approximate surface area is 113 Å². The molecule has 1 heterocycles. The molecule has 2 fully saturated rings. The van der Waals surface area contributed by atoms with Gasteiger partial charge in [-0.3, -0.25) is 9.59 Å². The number of rotatable bonds is 2. The number of carbonyl (C=O) groups excluding carboxylic acids is 1. The maximum absolute atomic E-state index is 12.6. The third-order valence-corrected chi connectivity index (χ3v) is 4.16. The Morgan fingerprint density at radius 2 is 1.84 bits per heavy atom. The molecule has 0 aromatic rings. The lowest BCUT2D eigenvalue weighted by molar-refractivity contribution is -0.152. The van der Waals surface area contributed by atoms with E-state index in [9.17, 15) is 14.7 Å². The second-order valence-electron chi connectivity index (χ2n) is 5.65. The molecular formula is C14H23NO4. The van der Waals surface area contributed by atoms with Crippen LogP contribution in [0.2, 0.25) is 0 Å². The summed E-state index contributed by atoms with van der Waals surface area (Å²) in [6.07, 6.45) is 4.09. The van der Waals surface area contributed by atoms with Gasteiger partial charge in [-0.2, -0.15) is 0 Å². The summed E-state index contributed by atoms with van der Waals surface area (Å²) in [5.41, 5.74) is 0. The van der Waals surface area contributed by atoms with Crippen molar-refractivity contribution in [2.24, 2.45) is 11.8 Å². The first-order valence-corrected chi connectivity index (χ1v) is 7.23. The van der Waals surface area contributed by atoms with Crippen LogP contribution in [-0.4, -0.2) is 47.7 Å². The van der Waals surface area contributed by atoms with Crippen LogP contribution in [0, 0.1) is 11.8 Å². The SMILES string of the molecule is CC1CN(C(=O)[C@@H]2CCCC[C@@H]2C(=O)O)CCCO1. The summed E-state index contributed by atoms with van der Waals surface area (Å²) in [6, 6.07) is 0. The molecule has 1 saturated heterocycles. The number of hydrogen-bond acceptors (Lipinski definition) is 3. The highest BCUT2D eigenvalue weighted by molar-refractivity contribution is 5.85. The predicted octanol–water partition coefficient (Wildman–Crippen LogP) is 1.51. The fourth-order valence-electron chi connectivity index (χ4n) is 3.15. The molecule has 0 bridgehead atoms. The zero-order chi connectivity index (χ0) is 13.8.